The molecular weight excluding hydrogens is 394 g/mol. The molecule has 0 saturated carbocycles. The first-order valence-electron chi connectivity index (χ1n) is 10.0. The quantitative estimate of drug-likeness (QED) is 0.582. The lowest BCUT2D eigenvalue weighted by Crippen LogP contribution is -2.30. The number of nitrogens with one attached hydrogen (secondary N) is 1. The summed E-state index contributed by atoms with van der Waals surface area (Å²) < 4.78 is 12.3. The molecular formula is C24H27N3O4. The highest BCUT2D eigenvalue weighted by atomic mass is 16.5. The van der Waals surface area contributed by atoms with E-state index in [9.17, 15) is 9.59 Å². The van der Waals surface area contributed by atoms with Crippen molar-refractivity contribution >= 4 is 17.6 Å². The number of hydrogen-bond acceptors (Lipinski definition) is 5. The summed E-state index contributed by atoms with van der Waals surface area (Å²) in [5.74, 6) is -0.297. The molecule has 7 nitrogen and oxygen atoms in total. The van der Waals surface area contributed by atoms with E-state index in [4.69, 9.17) is 9.47 Å². The maximum atomic E-state index is 12.8. The van der Waals surface area contributed by atoms with Crippen molar-refractivity contribution in [1.82, 2.24) is 9.78 Å². The molecule has 1 aromatic heterocycles. The van der Waals surface area contributed by atoms with Crippen LogP contribution in [-0.2, 0) is 16.1 Å². The number of aromatic nitrogens is 2. The van der Waals surface area contributed by atoms with Gasteiger partial charge in [0.05, 0.1) is 25.0 Å². The number of anilines is 1. The molecule has 0 fully saturated rings. The predicted octanol–water partition coefficient (Wildman–Crippen LogP) is 4.05. The third-order valence-corrected chi connectivity index (χ3v) is 5.05. The van der Waals surface area contributed by atoms with Gasteiger partial charge in [-0.05, 0) is 57.5 Å². The number of ether oxygens (including phenoxy) is 2. The lowest BCUT2D eigenvalue weighted by molar-refractivity contribution is -0.123. The van der Waals surface area contributed by atoms with Crippen LogP contribution < -0.4 is 10.1 Å². The molecule has 31 heavy (non-hydrogen) atoms. The molecule has 0 radical (unpaired) electrons. The van der Waals surface area contributed by atoms with Crippen LogP contribution in [0.4, 0.5) is 5.69 Å². The standard InChI is InChI=1S/C24H27N3O4/c1-15-6-8-19(9-7-15)14-27-17(3)22(16(2)26-27)24(29)31-18(4)23(28)25-20-10-12-21(30-5)13-11-20/h6-13,18H,14H2,1-5H3,(H,25,28)/t18-/m1/s1. The maximum Gasteiger partial charge on any atom is 0.342 e. The van der Waals surface area contributed by atoms with Crippen LogP contribution in [0.15, 0.2) is 48.5 Å². The Kier molecular flexibility index (Phi) is 6.74. The molecule has 3 rings (SSSR count). The number of benzene rings is 2. The summed E-state index contributed by atoms with van der Waals surface area (Å²) in [4.78, 5) is 25.2. The molecule has 162 valence electrons. The summed E-state index contributed by atoms with van der Waals surface area (Å²) in [7, 11) is 1.57. The first-order chi connectivity index (χ1) is 14.8. The zero-order chi connectivity index (χ0) is 22.5. The SMILES string of the molecule is COc1ccc(NC(=O)[C@@H](C)OC(=O)c2c(C)nn(Cc3ccc(C)cc3)c2C)cc1. The largest absolute Gasteiger partial charge is 0.497 e. The molecule has 2 aromatic carbocycles. The second-order valence-corrected chi connectivity index (χ2v) is 7.45. The van der Waals surface area contributed by atoms with E-state index in [-0.39, 0.29) is 0 Å². The Hall–Kier alpha value is -3.61. The van der Waals surface area contributed by atoms with Crippen molar-refractivity contribution in [3.05, 3.63) is 76.6 Å². The van der Waals surface area contributed by atoms with Crippen molar-refractivity contribution < 1.29 is 19.1 Å². The molecule has 1 heterocycles. The van der Waals surface area contributed by atoms with Gasteiger partial charge in [0.25, 0.3) is 5.91 Å². The number of hydrogen-bond donors (Lipinski definition) is 1. The molecule has 0 aliphatic carbocycles. The Morgan fingerprint density at radius 2 is 1.68 bits per heavy atom. The van der Waals surface area contributed by atoms with E-state index in [0.717, 1.165) is 5.56 Å². The van der Waals surface area contributed by atoms with Gasteiger partial charge in [0, 0.05) is 5.69 Å². The topological polar surface area (TPSA) is 82.4 Å². The van der Waals surface area contributed by atoms with Crippen molar-refractivity contribution in [2.24, 2.45) is 0 Å². The number of esters is 1. The van der Waals surface area contributed by atoms with Gasteiger partial charge in [-0.15, -0.1) is 0 Å². The summed E-state index contributed by atoms with van der Waals surface area (Å²) in [6, 6.07) is 15.1. The highest BCUT2D eigenvalue weighted by Crippen LogP contribution is 2.18. The highest BCUT2D eigenvalue weighted by molar-refractivity contribution is 5.98. The molecule has 3 aromatic rings. The second kappa shape index (κ2) is 9.47. The van der Waals surface area contributed by atoms with Crippen LogP contribution >= 0.6 is 0 Å². The fraction of sp³-hybridized carbons (Fsp3) is 0.292. The minimum absolute atomic E-state index is 0.385. The Morgan fingerprint density at radius 3 is 2.29 bits per heavy atom. The first kappa shape index (κ1) is 22.1. The Bertz CT molecular complexity index is 1070. The van der Waals surface area contributed by atoms with Crippen molar-refractivity contribution in [1.29, 1.82) is 0 Å². The Morgan fingerprint density at radius 1 is 1.03 bits per heavy atom. The van der Waals surface area contributed by atoms with Gasteiger partial charge in [-0.3, -0.25) is 9.48 Å². The number of carbonyl (C=O) groups excluding carboxylic acids is 2. The molecule has 1 amide bonds. The zero-order valence-corrected chi connectivity index (χ0v) is 18.4. The number of rotatable bonds is 7. The van der Waals surface area contributed by atoms with Gasteiger partial charge < -0.3 is 14.8 Å². The first-order valence-corrected chi connectivity index (χ1v) is 10.0. The van der Waals surface area contributed by atoms with E-state index >= 15 is 0 Å². The second-order valence-electron chi connectivity index (χ2n) is 7.45. The van der Waals surface area contributed by atoms with E-state index in [1.165, 1.54) is 12.5 Å². The number of methoxy groups -OCH3 is 1. The van der Waals surface area contributed by atoms with E-state index in [1.807, 2.05) is 38.1 Å². The van der Waals surface area contributed by atoms with Crippen molar-refractivity contribution in [3.63, 3.8) is 0 Å². The number of nitrogens with zero attached hydrogens (tertiary/aromatic N) is 2. The highest BCUT2D eigenvalue weighted by Gasteiger charge is 2.24. The maximum absolute atomic E-state index is 12.8. The van der Waals surface area contributed by atoms with E-state index < -0.39 is 18.0 Å². The zero-order valence-electron chi connectivity index (χ0n) is 18.4. The molecule has 0 aliphatic heterocycles. The third kappa shape index (κ3) is 5.31. The van der Waals surface area contributed by atoms with E-state index in [1.54, 1.807) is 43.0 Å². The van der Waals surface area contributed by atoms with Crippen LogP contribution in [-0.4, -0.2) is 34.9 Å². The normalized spacial score (nSPS) is 11.6. The smallest absolute Gasteiger partial charge is 0.342 e. The molecule has 0 saturated heterocycles. The molecule has 0 aliphatic rings. The van der Waals surface area contributed by atoms with Crippen LogP contribution in [0.3, 0.4) is 0 Å². The summed E-state index contributed by atoms with van der Waals surface area (Å²) in [5, 5.41) is 7.22. The van der Waals surface area contributed by atoms with Crippen molar-refractivity contribution in [3.8, 4) is 5.75 Å². The third-order valence-electron chi connectivity index (χ3n) is 5.05. The fourth-order valence-corrected chi connectivity index (χ4v) is 3.20. The molecule has 0 spiro atoms. The van der Waals surface area contributed by atoms with Crippen LogP contribution in [0.5, 0.6) is 5.75 Å². The van der Waals surface area contributed by atoms with Gasteiger partial charge in [-0.25, -0.2) is 4.79 Å². The van der Waals surface area contributed by atoms with Gasteiger partial charge in [0.2, 0.25) is 0 Å². The Balaban J connectivity index is 1.66. The summed E-state index contributed by atoms with van der Waals surface area (Å²) >= 11 is 0. The van der Waals surface area contributed by atoms with Gasteiger partial charge in [0.15, 0.2) is 6.10 Å². The van der Waals surface area contributed by atoms with Crippen LogP contribution in [0.25, 0.3) is 0 Å². The van der Waals surface area contributed by atoms with Crippen LogP contribution in [0, 0.1) is 20.8 Å². The molecule has 7 heteroatoms. The minimum Gasteiger partial charge on any atom is -0.497 e. The van der Waals surface area contributed by atoms with E-state index in [2.05, 4.69) is 10.4 Å². The van der Waals surface area contributed by atoms with Gasteiger partial charge in [-0.1, -0.05) is 29.8 Å². The molecule has 1 atom stereocenters. The van der Waals surface area contributed by atoms with Gasteiger partial charge >= 0.3 is 5.97 Å². The monoisotopic (exact) mass is 421 g/mol. The average Bonchev–Trinajstić information content (AvgIpc) is 3.03. The molecule has 0 unspecified atom stereocenters. The minimum atomic E-state index is -0.964. The van der Waals surface area contributed by atoms with Gasteiger partial charge in [0.1, 0.15) is 11.3 Å². The lowest BCUT2D eigenvalue weighted by Gasteiger charge is -2.14. The van der Waals surface area contributed by atoms with Crippen LogP contribution in [0.2, 0.25) is 0 Å². The van der Waals surface area contributed by atoms with E-state index in [0.29, 0.717) is 34.9 Å². The summed E-state index contributed by atoms with van der Waals surface area (Å²) in [6.07, 6.45) is -0.964. The predicted molar refractivity (Wildman–Crippen MR) is 118 cm³/mol. The summed E-state index contributed by atoms with van der Waals surface area (Å²) in [5.41, 5.74) is 4.51. The van der Waals surface area contributed by atoms with Crippen molar-refractivity contribution in [2.75, 3.05) is 12.4 Å². The average molecular weight is 421 g/mol. The van der Waals surface area contributed by atoms with Gasteiger partial charge in [-0.2, -0.15) is 5.10 Å². The summed E-state index contributed by atoms with van der Waals surface area (Å²) in [6.45, 7) is 7.71. The number of aryl methyl sites for hydroxylation is 2. The molecule has 1 N–H and O–H groups in total. The fourth-order valence-electron chi connectivity index (χ4n) is 3.20. The molecule has 0 bridgehead atoms. The van der Waals surface area contributed by atoms with Crippen molar-refractivity contribution in [2.45, 2.75) is 40.3 Å². The number of amides is 1. The van der Waals surface area contributed by atoms with Crippen LogP contribution in [0.1, 0.15) is 39.8 Å². The lowest BCUT2D eigenvalue weighted by atomic mass is 10.1. The Labute approximate surface area is 182 Å². The number of carbonyl (C=O) groups is 2.